The quantitative estimate of drug-likeness (QED) is 0.640. The molecule has 0 aliphatic carbocycles. The fourth-order valence-electron chi connectivity index (χ4n) is 2.22. The van der Waals surface area contributed by atoms with Gasteiger partial charge in [0.1, 0.15) is 23.9 Å². The number of rotatable bonds is 5. The molecule has 0 unspecified atom stereocenters. The summed E-state index contributed by atoms with van der Waals surface area (Å²) in [5, 5.41) is 6.73. The second-order valence-electron chi connectivity index (χ2n) is 5.37. The number of ether oxygens (including phenoxy) is 1. The van der Waals surface area contributed by atoms with E-state index in [4.69, 9.17) is 32.5 Å². The zero-order valence-corrected chi connectivity index (χ0v) is 15.1. The molecule has 0 radical (unpaired) electrons. The molecule has 1 N–H and O–H groups in total. The van der Waals surface area contributed by atoms with E-state index in [0.29, 0.717) is 27.8 Å². The summed E-state index contributed by atoms with van der Waals surface area (Å²) in [6.45, 7) is 1.72. The fourth-order valence-corrected chi connectivity index (χ4v) is 2.59. The van der Waals surface area contributed by atoms with E-state index in [0.717, 1.165) is 6.07 Å². The van der Waals surface area contributed by atoms with Crippen LogP contribution in [0.2, 0.25) is 10.0 Å². The zero-order valence-electron chi connectivity index (χ0n) is 13.6. The minimum absolute atomic E-state index is 0.0476. The molecule has 0 fully saturated rings. The third-order valence-corrected chi connectivity index (χ3v) is 4.19. The number of carbonyl (C=O) groups excluding carboxylic acids is 1. The van der Waals surface area contributed by atoms with Gasteiger partial charge in [0.05, 0.1) is 15.6 Å². The second-order valence-corrected chi connectivity index (χ2v) is 6.18. The molecule has 1 aromatic heterocycles. The maximum Gasteiger partial charge on any atom is 0.278 e. The van der Waals surface area contributed by atoms with Crippen LogP contribution in [0.3, 0.4) is 0 Å². The Morgan fingerprint density at radius 3 is 2.73 bits per heavy atom. The van der Waals surface area contributed by atoms with Crippen LogP contribution in [-0.4, -0.2) is 11.1 Å². The summed E-state index contributed by atoms with van der Waals surface area (Å²) in [5.41, 5.74) is 0.880. The smallest absolute Gasteiger partial charge is 0.278 e. The second kappa shape index (κ2) is 7.76. The van der Waals surface area contributed by atoms with Gasteiger partial charge in [0, 0.05) is 5.69 Å². The molecular formula is C18H13Cl2FN2O3. The Hall–Kier alpha value is -2.57. The molecule has 1 heterocycles. The minimum atomic E-state index is -0.573. The highest BCUT2D eigenvalue weighted by atomic mass is 35.5. The Morgan fingerprint density at radius 1 is 1.23 bits per heavy atom. The first-order chi connectivity index (χ1) is 12.5. The van der Waals surface area contributed by atoms with Gasteiger partial charge in [-0.05, 0) is 37.3 Å². The van der Waals surface area contributed by atoms with Gasteiger partial charge in [-0.3, -0.25) is 4.79 Å². The number of para-hydroxylation sites is 1. The minimum Gasteiger partial charge on any atom is -0.487 e. The van der Waals surface area contributed by atoms with E-state index >= 15 is 0 Å². The van der Waals surface area contributed by atoms with Crippen LogP contribution in [-0.2, 0) is 6.61 Å². The van der Waals surface area contributed by atoms with Crippen LogP contribution >= 0.6 is 23.2 Å². The molecule has 3 rings (SSSR count). The van der Waals surface area contributed by atoms with Crippen LogP contribution in [0.4, 0.5) is 10.1 Å². The number of anilines is 1. The van der Waals surface area contributed by atoms with Crippen molar-refractivity contribution in [3.8, 4) is 5.75 Å². The topological polar surface area (TPSA) is 64.4 Å². The van der Waals surface area contributed by atoms with Crippen molar-refractivity contribution in [1.29, 1.82) is 0 Å². The van der Waals surface area contributed by atoms with E-state index in [1.54, 1.807) is 31.2 Å². The number of carbonyl (C=O) groups is 1. The molecule has 0 bridgehead atoms. The van der Waals surface area contributed by atoms with Gasteiger partial charge in [0.15, 0.2) is 5.69 Å². The SMILES string of the molecule is Cc1onc(C(=O)Nc2ccc(F)c(Cl)c2)c1COc1ccccc1Cl. The van der Waals surface area contributed by atoms with Crippen molar-refractivity contribution < 1.29 is 18.4 Å². The number of hydrogen-bond donors (Lipinski definition) is 1. The highest BCUT2D eigenvalue weighted by Gasteiger charge is 2.21. The molecule has 0 spiro atoms. The van der Waals surface area contributed by atoms with Gasteiger partial charge in [-0.25, -0.2) is 4.39 Å². The Kier molecular flexibility index (Phi) is 5.44. The number of nitrogens with zero attached hydrogens (tertiary/aromatic N) is 1. The fraction of sp³-hybridized carbons (Fsp3) is 0.111. The summed E-state index contributed by atoms with van der Waals surface area (Å²) in [6, 6.07) is 10.8. The highest BCUT2D eigenvalue weighted by molar-refractivity contribution is 6.32. The maximum atomic E-state index is 13.2. The number of nitrogens with one attached hydrogen (secondary N) is 1. The largest absolute Gasteiger partial charge is 0.487 e. The maximum absolute atomic E-state index is 13.2. The number of benzene rings is 2. The van der Waals surface area contributed by atoms with Gasteiger partial charge < -0.3 is 14.6 Å². The van der Waals surface area contributed by atoms with E-state index < -0.39 is 11.7 Å². The Balaban J connectivity index is 1.77. The molecule has 0 atom stereocenters. The van der Waals surface area contributed by atoms with Crippen LogP contribution in [0, 0.1) is 12.7 Å². The summed E-state index contributed by atoms with van der Waals surface area (Å²) >= 11 is 11.8. The van der Waals surface area contributed by atoms with Crippen molar-refractivity contribution in [2.75, 3.05) is 5.32 Å². The molecule has 5 nitrogen and oxygen atoms in total. The highest BCUT2D eigenvalue weighted by Crippen LogP contribution is 2.26. The standard InChI is InChI=1S/C18H13Cl2FN2O3/c1-10-12(9-25-16-5-3-2-4-13(16)19)17(23-26-10)18(24)22-11-6-7-15(21)14(20)8-11/h2-8H,9H2,1H3,(H,22,24). The molecule has 0 saturated carbocycles. The van der Waals surface area contributed by atoms with Gasteiger partial charge in [0.25, 0.3) is 5.91 Å². The van der Waals surface area contributed by atoms with Crippen LogP contribution in [0.5, 0.6) is 5.75 Å². The van der Waals surface area contributed by atoms with E-state index in [1.807, 2.05) is 0 Å². The van der Waals surface area contributed by atoms with Crippen molar-refractivity contribution in [1.82, 2.24) is 5.16 Å². The first kappa shape index (κ1) is 18.2. The molecule has 0 saturated heterocycles. The molecule has 26 heavy (non-hydrogen) atoms. The number of hydrogen-bond acceptors (Lipinski definition) is 4. The van der Waals surface area contributed by atoms with Crippen molar-refractivity contribution in [3.05, 3.63) is 75.3 Å². The summed E-state index contributed by atoms with van der Waals surface area (Å²) in [6.07, 6.45) is 0. The Morgan fingerprint density at radius 2 is 2.00 bits per heavy atom. The van der Waals surface area contributed by atoms with Crippen molar-refractivity contribution in [2.24, 2.45) is 0 Å². The van der Waals surface area contributed by atoms with Gasteiger partial charge in [-0.1, -0.05) is 40.5 Å². The van der Waals surface area contributed by atoms with E-state index in [-0.39, 0.29) is 17.3 Å². The molecular weight excluding hydrogens is 382 g/mol. The van der Waals surface area contributed by atoms with Crippen LogP contribution in [0.15, 0.2) is 47.0 Å². The van der Waals surface area contributed by atoms with E-state index in [2.05, 4.69) is 10.5 Å². The van der Waals surface area contributed by atoms with Crippen molar-refractivity contribution >= 4 is 34.8 Å². The summed E-state index contributed by atoms with van der Waals surface area (Å²) in [7, 11) is 0. The lowest BCUT2D eigenvalue weighted by Gasteiger charge is -2.09. The number of amides is 1. The molecule has 8 heteroatoms. The zero-order chi connectivity index (χ0) is 18.7. The summed E-state index contributed by atoms with van der Waals surface area (Å²) < 4.78 is 24.0. The number of aryl methyl sites for hydroxylation is 1. The van der Waals surface area contributed by atoms with Crippen LogP contribution < -0.4 is 10.1 Å². The summed E-state index contributed by atoms with van der Waals surface area (Å²) in [5.74, 6) is -0.177. The van der Waals surface area contributed by atoms with Gasteiger partial charge >= 0.3 is 0 Å². The van der Waals surface area contributed by atoms with Crippen molar-refractivity contribution in [3.63, 3.8) is 0 Å². The van der Waals surface area contributed by atoms with E-state index in [1.165, 1.54) is 12.1 Å². The van der Waals surface area contributed by atoms with Gasteiger partial charge in [-0.15, -0.1) is 0 Å². The lowest BCUT2D eigenvalue weighted by atomic mass is 10.2. The molecule has 0 aliphatic heterocycles. The van der Waals surface area contributed by atoms with E-state index in [9.17, 15) is 9.18 Å². The molecule has 134 valence electrons. The lowest BCUT2D eigenvalue weighted by molar-refractivity contribution is 0.101. The Labute approximate surface area is 158 Å². The molecule has 1 amide bonds. The van der Waals surface area contributed by atoms with Crippen molar-refractivity contribution in [2.45, 2.75) is 13.5 Å². The Bertz CT molecular complexity index is 959. The lowest BCUT2D eigenvalue weighted by Crippen LogP contribution is -2.15. The normalized spacial score (nSPS) is 10.6. The monoisotopic (exact) mass is 394 g/mol. The first-order valence-corrected chi connectivity index (χ1v) is 8.30. The first-order valence-electron chi connectivity index (χ1n) is 7.54. The predicted octanol–water partition coefficient (Wildman–Crippen LogP) is 5.26. The molecule has 3 aromatic rings. The number of halogens is 3. The number of aromatic nitrogens is 1. The average Bonchev–Trinajstić information content (AvgIpc) is 2.98. The molecule has 2 aromatic carbocycles. The van der Waals surface area contributed by atoms with Gasteiger partial charge in [0.2, 0.25) is 0 Å². The van der Waals surface area contributed by atoms with Crippen LogP contribution in [0.1, 0.15) is 21.8 Å². The van der Waals surface area contributed by atoms with Gasteiger partial charge in [-0.2, -0.15) is 0 Å². The third kappa shape index (κ3) is 3.98. The van der Waals surface area contributed by atoms with Crippen LogP contribution in [0.25, 0.3) is 0 Å². The molecule has 0 aliphatic rings. The summed E-state index contributed by atoms with van der Waals surface area (Å²) in [4.78, 5) is 12.5. The average molecular weight is 395 g/mol. The predicted molar refractivity (Wildman–Crippen MR) is 96.4 cm³/mol. The third-order valence-electron chi connectivity index (χ3n) is 3.59.